The minimum absolute atomic E-state index is 0.0952. The molecule has 2 aromatic carbocycles. The van der Waals surface area contributed by atoms with Crippen molar-refractivity contribution in [2.75, 3.05) is 11.5 Å². The first-order valence-corrected chi connectivity index (χ1v) is 10.4. The van der Waals surface area contributed by atoms with Crippen molar-refractivity contribution >= 4 is 17.7 Å². The average Bonchev–Trinajstić information content (AvgIpc) is 3.20. The Balaban J connectivity index is 1.65. The normalized spacial score (nSPS) is 10.7. The van der Waals surface area contributed by atoms with E-state index < -0.39 is 0 Å². The molecule has 5 heteroatoms. The van der Waals surface area contributed by atoms with Crippen LogP contribution in [0.5, 0.6) is 0 Å². The Morgan fingerprint density at radius 3 is 2.67 bits per heavy atom. The Morgan fingerprint density at radius 2 is 1.93 bits per heavy atom. The first-order valence-electron chi connectivity index (χ1n) is 9.25. The Hall–Kier alpha value is -2.53. The van der Waals surface area contributed by atoms with Gasteiger partial charge in [0.2, 0.25) is 5.91 Å². The SMILES string of the molecule is CCCSCC(=O)NCc1ccccc1-c1ccc(Cn2cccn2)cc1. The molecule has 0 atom stereocenters. The quantitative estimate of drug-likeness (QED) is 0.562. The second-order valence-electron chi connectivity index (χ2n) is 6.39. The van der Waals surface area contributed by atoms with Crippen LogP contribution >= 0.6 is 11.8 Å². The van der Waals surface area contributed by atoms with E-state index in [9.17, 15) is 4.79 Å². The van der Waals surface area contributed by atoms with Gasteiger partial charge in [0.05, 0.1) is 12.3 Å². The first-order chi connectivity index (χ1) is 13.3. The summed E-state index contributed by atoms with van der Waals surface area (Å²) in [5.74, 6) is 1.64. The number of hydrogen-bond acceptors (Lipinski definition) is 3. The van der Waals surface area contributed by atoms with Crippen LogP contribution in [-0.2, 0) is 17.9 Å². The third-order valence-corrected chi connectivity index (χ3v) is 5.41. The Kier molecular flexibility index (Phi) is 7.11. The van der Waals surface area contributed by atoms with Crippen molar-refractivity contribution in [1.29, 1.82) is 0 Å². The van der Waals surface area contributed by atoms with Gasteiger partial charge in [-0.2, -0.15) is 16.9 Å². The zero-order chi connectivity index (χ0) is 18.9. The predicted molar refractivity (Wildman–Crippen MR) is 113 cm³/mol. The molecular weight excluding hydrogens is 354 g/mol. The van der Waals surface area contributed by atoms with Gasteiger partial charge in [0.15, 0.2) is 0 Å². The van der Waals surface area contributed by atoms with E-state index in [0.717, 1.165) is 35.4 Å². The molecule has 0 unspecified atom stereocenters. The van der Waals surface area contributed by atoms with E-state index >= 15 is 0 Å². The second-order valence-corrected chi connectivity index (χ2v) is 7.49. The first kappa shape index (κ1) is 19.2. The fourth-order valence-corrected chi connectivity index (χ4v) is 3.60. The molecule has 140 valence electrons. The fourth-order valence-electron chi connectivity index (χ4n) is 2.88. The molecule has 0 bridgehead atoms. The van der Waals surface area contributed by atoms with Gasteiger partial charge in [0, 0.05) is 18.9 Å². The van der Waals surface area contributed by atoms with Crippen molar-refractivity contribution < 1.29 is 4.79 Å². The Morgan fingerprint density at radius 1 is 1.11 bits per heavy atom. The number of rotatable bonds is 9. The summed E-state index contributed by atoms with van der Waals surface area (Å²) in [5, 5.41) is 7.29. The van der Waals surface area contributed by atoms with Crippen LogP contribution in [0.3, 0.4) is 0 Å². The molecule has 3 rings (SSSR count). The third kappa shape index (κ3) is 5.73. The van der Waals surface area contributed by atoms with Crippen LogP contribution in [0.2, 0.25) is 0 Å². The topological polar surface area (TPSA) is 46.9 Å². The number of carbonyl (C=O) groups is 1. The van der Waals surface area contributed by atoms with Crippen LogP contribution < -0.4 is 5.32 Å². The van der Waals surface area contributed by atoms with Crippen molar-refractivity contribution in [2.45, 2.75) is 26.4 Å². The van der Waals surface area contributed by atoms with Gasteiger partial charge in [-0.15, -0.1) is 0 Å². The van der Waals surface area contributed by atoms with Gasteiger partial charge in [-0.3, -0.25) is 9.48 Å². The van der Waals surface area contributed by atoms with Crippen molar-refractivity contribution in [1.82, 2.24) is 15.1 Å². The second kappa shape index (κ2) is 9.97. The number of nitrogens with zero attached hydrogens (tertiary/aromatic N) is 2. The minimum atomic E-state index is 0.0952. The smallest absolute Gasteiger partial charge is 0.230 e. The van der Waals surface area contributed by atoms with Crippen molar-refractivity contribution in [3.63, 3.8) is 0 Å². The van der Waals surface area contributed by atoms with E-state index in [-0.39, 0.29) is 5.91 Å². The molecule has 1 aromatic heterocycles. The van der Waals surface area contributed by atoms with Gasteiger partial charge in [0.25, 0.3) is 0 Å². The van der Waals surface area contributed by atoms with E-state index in [1.54, 1.807) is 18.0 Å². The summed E-state index contributed by atoms with van der Waals surface area (Å²) in [5.41, 5.74) is 4.65. The van der Waals surface area contributed by atoms with Crippen molar-refractivity contribution in [3.8, 4) is 11.1 Å². The monoisotopic (exact) mass is 379 g/mol. The summed E-state index contributed by atoms with van der Waals surface area (Å²) in [6.45, 7) is 3.44. The molecule has 0 spiro atoms. The maximum absolute atomic E-state index is 12.0. The van der Waals surface area contributed by atoms with Crippen LogP contribution in [-0.4, -0.2) is 27.2 Å². The molecule has 0 saturated heterocycles. The zero-order valence-corrected chi connectivity index (χ0v) is 16.4. The van der Waals surface area contributed by atoms with E-state index in [1.165, 1.54) is 5.56 Å². The highest BCUT2D eigenvalue weighted by molar-refractivity contribution is 7.99. The summed E-state index contributed by atoms with van der Waals surface area (Å²) in [4.78, 5) is 12.0. The maximum Gasteiger partial charge on any atom is 0.230 e. The summed E-state index contributed by atoms with van der Waals surface area (Å²) >= 11 is 1.68. The minimum Gasteiger partial charge on any atom is -0.351 e. The fraction of sp³-hybridized carbons (Fsp3) is 0.273. The number of amides is 1. The molecule has 0 radical (unpaired) electrons. The summed E-state index contributed by atoms with van der Waals surface area (Å²) in [6.07, 6.45) is 4.85. The standard InChI is InChI=1S/C22H25N3OS/c1-2-14-27-17-22(26)23-15-20-6-3-4-7-21(20)19-10-8-18(9-11-19)16-25-13-5-12-24-25/h3-13H,2,14-17H2,1H3,(H,23,26). The number of benzene rings is 2. The highest BCUT2D eigenvalue weighted by Gasteiger charge is 2.07. The van der Waals surface area contributed by atoms with Gasteiger partial charge in [-0.25, -0.2) is 0 Å². The molecule has 4 nitrogen and oxygen atoms in total. The molecule has 1 N–H and O–H groups in total. The van der Waals surface area contributed by atoms with Crippen LogP contribution in [0, 0.1) is 0 Å². The van der Waals surface area contributed by atoms with E-state index in [2.05, 4.69) is 53.7 Å². The molecule has 0 aliphatic carbocycles. The number of aromatic nitrogens is 2. The molecule has 0 saturated carbocycles. The van der Waals surface area contributed by atoms with Gasteiger partial charge >= 0.3 is 0 Å². The largest absolute Gasteiger partial charge is 0.351 e. The molecule has 0 aliphatic rings. The molecule has 1 heterocycles. The Bertz CT molecular complexity index is 844. The van der Waals surface area contributed by atoms with E-state index in [4.69, 9.17) is 0 Å². The number of nitrogens with one attached hydrogen (secondary N) is 1. The van der Waals surface area contributed by atoms with Gasteiger partial charge in [0.1, 0.15) is 0 Å². The summed E-state index contributed by atoms with van der Waals surface area (Å²) < 4.78 is 1.91. The van der Waals surface area contributed by atoms with E-state index in [0.29, 0.717) is 12.3 Å². The number of carbonyl (C=O) groups excluding carboxylic acids is 1. The van der Waals surface area contributed by atoms with E-state index in [1.807, 2.05) is 29.1 Å². The van der Waals surface area contributed by atoms with Gasteiger partial charge in [-0.1, -0.05) is 55.5 Å². The molecule has 27 heavy (non-hydrogen) atoms. The molecule has 1 amide bonds. The summed E-state index contributed by atoms with van der Waals surface area (Å²) in [7, 11) is 0. The molecule has 0 aliphatic heterocycles. The molecule has 0 fully saturated rings. The zero-order valence-electron chi connectivity index (χ0n) is 15.6. The van der Waals surface area contributed by atoms with Gasteiger partial charge < -0.3 is 5.32 Å². The van der Waals surface area contributed by atoms with Crippen molar-refractivity contribution in [2.24, 2.45) is 0 Å². The maximum atomic E-state index is 12.0. The highest BCUT2D eigenvalue weighted by atomic mass is 32.2. The third-order valence-electron chi connectivity index (χ3n) is 4.24. The highest BCUT2D eigenvalue weighted by Crippen LogP contribution is 2.24. The number of hydrogen-bond donors (Lipinski definition) is 1. The van der Waals surface area contributed by atoms with Crippen LogP contribution in [0.4, 0.5) is 0 Å². The van der Waals surface area contributed by atoms with Gasteiger partial charge in [-0.05, 0) is 40.5 Å². The average molecular weight is 380 g/mol. The Labute approximate surface area is 165 Å². The van der Waals surface area contributed by atoms with Crippen LogP contribution in [0.15, 0.2) is 67.0 Å². The number of thioether (sulfide) groups is 1. The lowest BCUT2D eigenvalue weighted by Gasteiger charge is -2.12. The lowest BCUT2D eigenvalue weighted by atomic mass is 9.98. The lowest BCUT2D eigenvalue weighted by molar-refractivity contribution is -0.118. The van der Waals surface area contributed by atoms with Crippen LogP contribution in [0.25, 0.3) is 11.1 Å². The lowest BCUT2D eigenvalue weighted by Crippen LogP contribution is -2.25. The van der Waals surface area contributed by atoms with Crippen molar-refractivity contribution in [3.05, 3.63) is 78.1 Å². The van der Waals surface area contributed by atoms with Crippen LogP contribution in [0.1, 0.15) is 24.5 Å². The molecule has 3 aromatic rings. The summed E-state index contributed by atoms with van der Waals surface area (Å²) in [6, 6.07) is 18.7. The predicted octanol–water partition coefficient (Wildman–Crippen LogP) is 4.36. The molecular formula is C22H25N3OS.